The first kappa shape index (κ1) is 18.6. The van der Waals surface area contributed by atoms with Crippen LogP contribution in [0.25, 0.3) is 0 Å². The summed E-state index contributed by atoms with van der Waals surface area (Å²) in [4.78, 5) is 0.186. The Morgan fingerprint density at radius 3 is 2.56 bits per heavy atom. The van der Waals surface area contributed by atoms with E-state index in [0.29, 0.717) is 36.6 Å². The van der Waals surface area contributed by atoms with Crippen molar-refractivity contribution in [3.8, 4) is 5.75 Å². The highest BCUT2D eigenvalue weighted by Gasteiger charge is 2.38. The quantitative estimate of drug-likeness (QED) is 0.758. The zero-order valence-corrected chi connectivity index (χ0v) is 15.7. The van der Waals surface area contributed by atoms with Crippen molar-refractivity contribution in [3.63, 3.8) is 0 Å². The molecular formula is C18H16F3NO3S2. The minimum absolute atomic E-state index is 0.186. The molecule has 2 aromatic rings. The van der Waals surface area contributed by atoms with Crippen molar-refractivity contribution in [2.75, 3.05) is 18.9 Å². The zero-order chi connectivity index (χ0) is 19.2. The summed E-state index contributed by atoms with van der Waals surface area (Å²) in [5.74, 6) is 1.28. The number of sulfonamides is 1. The van der Waals surface area contributed by atoms with Crippen LogP contribution in [0.4, 0.5) is 13.2 Å². The van der Waals surface area contributed by atoms with Crippen LogP contribution in [0, 0.1) is 0 Å². The molecule has 27 heavy (non-hydrogen) atoms. The van der Waals surface area contributed by atoms with Gasteiger partial charge in [0.2, 0.25) is 10.0 Å². The zero-order valence-electron chi connectivity index (χ0n) is 14.1. The third-order valence-electron chi connectivity index (χ3n) is 4.64. The van der Waals surface area contributed by atoms with Crippen LogP contribution >= 0.6 is 11.8 Å². The Labute approximate surface area is 159 Å². The van der Waals surface area contributed by atoms with Gasteiger partial charge in [-0.3, -0.25) is 0 Å². The minimum atomic E-state index is -4.42. The molecule has 9 heteroatoms. The average Bonchev–Trinajstić information content (AvgIpc) is 3.30. The van der Waals surface area contributed by atoms with E-state index in [1.807, 2.05) is 0 Å². The lowest BCUT2D eigenvalue weighted by molar-refractivity contribution is -0.137. The van der Waals surface area contributed by atoms with E-state index in [4.69, 9.17) is 4.74 Å². The van der Waals surface area contributed by atoms with Gasteiger partial charge in [-0.25, -0.2) is 8.42 Å². The molecule has 4 rings (SSSR count). The van der Waals surface area contributed by atoms with Gasteiger partial charge in [0.25, 0.3) is 0 Å². The van der Waals surface area contributed by atoms with Crippen LogP contribution in [0.1, 0.15) is 22.1 Å². The number of alkyl halides is 3. The highest BCUT2D eigenvalue weighted by Crippen LogP contribution is 2.42. The molecule has 0 aliphatic carbocycles. The van der Waals surface area contributed by atoms with Crippen LogP contribution in [0.15, 0.2) is 47.4 Å². The number of hydrogen-bond donors (Lipinski definition) is 0. The van der Waals surface area contributed by atoms with Crippen molar-refractivity contribution in [1.29, 1.82) is 0 Å². The van der Waals surface area contributed by atoms with Gasteiger partial charge in [0.15, 0.2) is 0 Å². The van der Waals surface area contributed by atoms with Crippen LogP contribution < -0.4 is 4.74 Å². The highest BCUT2D eigenvalue weighted by atomic mass is 32.2. The van der Waals surface area contributed by atoms with Gasteiger partial charge in [-0.1, -0.05) is 12.1 Å². The molecule has 4 nitrogen and oxygen atoms in total. The SMILES string of the molecule is O=S(=O)(c1ccc2c(c1)CCO2)N1CCS[C@H]1c1ccc(C(F)(F)F)cc1. The van der Waals surface area contributed by atoms with Crippen molar-refractivity contribution in [3.05, 3.63) is 59.2 Å². The molecule has 0 aromatic heterocycles. The van der Waals surface area contributed by atoms with E-state index in [-0.39, 0.29) is 4.90 Å². The van der Waals surface area contributed by atoms with E-state index in [2.05, 4.69) is 0 Å². The second kappa shape index (κ2) is 6.72. The Balaban J connectivity index is 1.64. The first-order valence-electron chi connectivity index (χ1n) is 8.33. The standard InChI is InChI=1S/C18H16F3NO3S2/c19-18(20,21)14-3-1-12(2-4-14)17-22(8-10-26-17)27(23,24)15-5-6-16-13(11-15)7-9-25-16/h1-6,11,17H,7-10H2/t17-/m0/s1. The number of nitrogens with zero attached hydrogens (tertiary/aromatic N) is 1. The maximum atomic E-state index is 13.1. The summed E-state index contributed by atoms with van der Waals surface area (Å²) in [7, 11) is -3.76. The molecule has 0 amide bonds. The number of thioether (sulfide) groups is 1. The Morgan fingerprint density at radius 2 is 1.85 bits per heavy atom. The Bertz CT molecular complexity index is 959. The van der Waals surface area contributed by atoms with E-state index < -0.39 is 27.1 Å². The Kier molecular flexibility index (Phi) is 4.64. The third-order valence-corrected chi connectivity index (χ3v) is 7.89. The number of rotatable bonds is 3. The van der Waals surface area contributed by atoms with E-state index in [0.717, 1.165) is 17.7 Å². The number of fused-ring (bicyclic) bond motifs is 1. The topological polar surface area (TPSA) is 46.6 Å². The molecule has 0 bridgehead atoms. The fourth-order valence-corrected chi connectivity index (χ4v) is 6.55. The molecule has 0 unspecified atom stereocenters. The molecule has 1 atom stereocenters. The van der Waals surface area contributed by atoms with Gasteiger partial charge in [-0.05, 0) is 41.5 Å². The molecule has 2 heterocycles. The van der Waals surface area contributed by atoms with Crippen molar-refractivity contribution in [2.24, 2.45) is 0 Å². The Hall–Kier alpha value is -1.71. The van der Waals surface area contributed by atoms with Gasteiger partial charge in [0, 0.05) is 18.7 Å². The fraction of sp³-hybridized carbons (Fsp3) is 0.333. The van der Waals surface area contributed by atoms with Crippen LogP contribution in [0.3, 0.4) is 0 Å². The highest BCUT2D eigenvalue weighted by molar-refractivity contribution is 8.01. The lowest BCUT2D eigenvalue weighted by atomic mass is 10.1. The Morgan fingerprint density at radius 1 is 1.11 bits per heavy atom. The van der Waals surface area contributed by atoms with Gasteiger partial charge < -0.3 is 4.74 Å². The average molecular weight is 415 g/mol. The molecule has 2 aromatic carbocycles. The van der Waals surface area contributed by atoms with Gasteiger partial charge >= 0.3 is 6.18 Å². The lowest BCUT2D eigenvalue weighted by Crippen LogP contribution is -2.30. The minimum Gasteiger partial charge on any atom is -0.493 e. The van der Waals surface area contributed by atoms with Gasteiger partial charge in [0.05, 0.1) is 22.4 Å². The molecule has 2 aliphatic rings. The van der Waals surface area contributed by atoms with E-state index >= 15 is 0 Å². The number of ether oxygens (including phenoxy) is 1. The maximum absolute atomic E-state index is 13.1. The summed E-state index contributed by atoms with van der Waals surface area (Å²) in [6.45, 7) is 0.846. The summed E-state index contributed by atoms with van der Waals surface area (Å²) in [5, 5.41) is -0.540. The van der Waals surface area contributed by atoms with Gasteiger partial charge in [-0.15, -0.1) is 11.8 Å². The number of hydrogen-bond acceptors (Lipinski definition) is 4. The van der Waals surface area contributed by atoms with Gasteiger partial charge in [-0.2, -0.15) is 17.5 Å². The fourth-order valence-electron chi connectivity index (χ4n) is 3.26. The summed E-state index contributed by atoms with van der Waals surface area (Å²) in [6.07, 6.45) is -3.75. The van der Waals surface area contributed by atoms with Crippen LogP contribution in [0.5, 0.6) is 5.75 Å². The van der Waals surface area contributed by atoms with Crippen molar-refractivity contribution in [1.82, 2.24) is 4.31 Å². The number of halogens is 3. The second-order valence-electron chi connectivity index (χ2n) is 6.33. The van der Waals surface area contributed by atoms with Crippen LogP contribution in [0.2, 0.25) is 0 Å². The maximum Gasteiger partial charge on any atom is 0.416 e. The molecule has 0 radical (unpaired) electrons. The monoisotopic (exact) mass is 415 g/mol. The first-order chi connectivity index (χ1) is 12.8. The predicted octanol–water partition coefficient (Wildman–Crippen LogP) is 4.08. The van der Waals surface area contributed by atoms with Crippen LogP contribution in [-0.2, 0) is 22.6 Å². The molecule has 0 saturated carbocycles. The molecule has 144 valence electrons. The summed E-state index contributed by atoms with van der Waals surface area (Å²) < 4.78 is 71.4. The van der Waals surface area contributed by atoms with Crippen molar-refractivity contribution in [2.45, 2.75) is 22.9 Å². The molecule has 0 spiro atoms. The van der Waals surface area contributed by atoms with E-state index in [1.165, 1.54) is 34.3 Å². The first-order valence-corrected chi connectivity index (χ1v) is 10.8. The molecule has 1 saturated heterocycles. The summed E-state index contributed by atoms with van der Waals surface area (Å²) >= 11 is 1.40. The smallest absolute Gasteiger partial charge is 0.416 e. The van der Waals surface area contributed by atoms with E-state index in [1.54, 1.807) is 12.1 Å². The summed E-state index contributed by atoms with van der Waals surface area (Å²) in [6, 6.07) is 9.50. The predicted molar refractivity (Wildman–Crippen MR) is 96.2 cm³/mol. The molecule has 1 fully saturated rings. The largest absolute Gasteiger partial charge is 0.493 e. The van der Waals surface area contributed by atoms with E-state index in [9.17, 15) is 21.6 Å². The normalized spacial score (nSPS) is 20.5. The lowest BCUT2D eigenvalue weighted by Gasteiger charge is -2.24. The molecule has 2 aliphatic heterocycles. The van der Waals surface area contributed by atoms with Crippen molar-refractivity contribution >= 4 is 21.8 Å². The van der Waals surface area contributed by atoms with Crippen molar-refractivity contribution < 1.29 is 26.3 Å². The van der Waals surface area contributed by atoms with Gasteiger partial charge in [0.1, 0.15) is 5.75 Å². The third kappa shape index (κ3) is 3.43. The molecule has 0 N–H and O–H groups in total. The number of benzene rings is 2. The summed E-state index contributed by atoms with van der Waals surface area (Å²) in [5.41, 5.74) is 0.648. The van der Waals surface area contributed by atoms with Crippen LogP contribution in [-0.4, -0.2) is 31.6 Å². The second-order valence-corrected chi connectivity index (χ2v) is 9.41. The molecular weight excluding hydrogens is 399 g/mol.